The van der Waals surface area contributed by atoms with Crippen LogP contribution in [0.2, 0.25) is 0 Å². The predicted octanol–water partition coefficient (Wildman–Crippen LogP) is 1.28. The van der Waals surface area contributed by atoms with Gasteiger partial charge in [0.25, 0.3) is 0 Å². The molecule has 1 aromatic rings. The molecule has 1 aliphatic rings. The standard InChI is InChI=1S/C11H17N3O/c1-8-6-14(7-9(2)15-8)10-3-4-13-11(12)5-10/h3-5,8-9H,6-7H2,1-2H3,(H2,12,13)/t8-,9+. The lowest BCUT2D eigenvalue weighted by atomic mass is 10.2. The third-order valence-corrected chi connectivity index (χ3v) is 2.55. The maximum atomic E-state index is 5.68. The molecule has 1 aromatic heterocycles. The largest absolute Gasteiger partial charge is 0.384 e. The molecule has 82 valence electrons. The smallest absolute Gasteiger partial charge is 0.125 e. The number of anilines is 2. The molecule has 0 aliphatic carbocycles. The van der Waals surface area contributed by atoms with E-state index in [1.807, 2.05) is 12.1 Å². The molecule has 15 heavy (non-hydrogen) atoms. The van der Waals surface area contributed by atoms with Crippen LogP contribution in [0.3, 0.4) is 0 Å². The molecular weight excluding hydrogens is 190 g/mol. The monoisotopic (exact) mass is 207 g/mol. The Morgan fingerprint density at radius 2 is 2.07 bits per heavy atom. The van der Waals surface area contributed by atoms with E-state index in [-0.39, 0.29) is 12.2 Å². The Balaban J connectivity index is 2.16. The topological polar surface area (TPSA) is 51.4 Å². The van der Waals surface area contributed by atoms with E-state index in [1.165, 1.54) is 0 Å². The van der Waals surface area contributed by atoms with Gasteiger partial charge in [-0.2, -0.15) is 0 Å². The van der Waals surface area contributed by atoms with Gasteiger partial charge in [0.05, 0.1) is 12.2 Å². The zero-order valence-corrected chi connectivity index (χ0v) is 9.18. The van der Waals surface area contributed by atoms with Gasteiger partial charge >= 0.3 is 0 Å². The van der Waals surface area contributed by atoms with Crippen LogP contribution in [0.5, 0.6) is 0 Å². The minimum absolute atomic E-state index is 0.267. The van der Waals surface area contributed by atoms with E-state index in [2.05, 4.69) is 23.7 Å². The van der Waals surface area contributed by atoms with Gasteiger partial charge in [-0.1, -0.05) is 0 Å². The third-order valence-electron chi connectivity index (χ3n) is 2.55. The summed E-state index contributed by atoms with van der Waals surface area (Å²) in [7, 11) is 0. The summed E-state index contributed by atoms with van der Waals surface area (Å²) in [4.78, 5) is 6.28. The minimum atomic E-state index is 0.267. The second-order valence-electron chi connectivity index (χ2n) is 4.10. The number of morpholine rings is 1. The van der Waals surface area contributed by atoms with Crippen LogP contribution in [0.4, 0.5) is 11.5 Å². The molecule has 4 nitrogen and oxygen atoms in total. The summed E-state index contributed by atoms with van der Waals surface area (Å²) in [6.07, 6.45) is 2.28. The van der Waals surface area contributed by atoms with Crippen molar-refractivity contribution in [2.75, 3.05) is 23.7 Å². The van der Waals surface area contributed by atoms with Crippen molar-refractivity contribution in [3.8, 4) is 0 Å². The van der Waals surface area contributed by atoms with Crippen LogP contribution >= 0.6 is 0 Å². The quantitative estimate of drug-likeness (QED) is 0.753. The van der Waals surface area contributed by atoms with E-state index in [4.69, 9.17) is 10.5 Å². The van der Waals surface area contributed by atoms with Crippen LogP contribution in [0, 0.1) is 0 Å². The second kappa shape index (κ2) is 4.06. The SMILES string of the molecule is C[C@@H]1CN(c2ccnc(N)c2)C[C@H](C)O1. The number of aromatic nitrogens is 1. The Bertz CT molecular complexity index is 332. The predicted molar refractivity (Wildman–Crippen MR) is 60.9 cm³/mol. The number of ether oxygens (including phenoxy) is 1. The number of rotatable bonds is 1. The molecule has 2 heterocycles. The molecule has 1 aliphatic heterocycles. The molecule has 0 saturated carbocycles. The second-order valence-corrected chi connectivity index (χ2v) is 4.10. The van der Waals surface area contributed by atoms with E-state index in [0.717, 1.165) is 18.8 Å². The van der Waals surface area contributed by atoms with Crippen LogP contribution in [-0.2, 0) is 4.74 Å². The van der Waals surface area contributed by atoms with Gasteiger partial charge in [0.1, 0.15) is 5.82 Å². The van der Waals surface area contributed by atoms with Crippen molar-refractivity contribution in [2.24, 2.45) is 0 Å². The van der Waals surface area contributed by atoms with Crippen molar-refractivity contribution in [1.82, 2.24) is 4.98 Å². The molecule has 2 N–H and O–H groups in total. The fraction of sp³-hybridized carbons (Fsp3) is 0.545. The van der Waals surface area contributed by atoms with Crippen LogP contribution in [-0.4, -0.2) is 30.3 Å². The summed E-state index contributed by atoms with van der Waals surface area (Å²) in [6, 6.07) is 3.89. The lowest BCUT2D eigenvalue weighted by Crippen LogP contribution is -2.45. The third kappa shape index (κ3) is 2.39. The van der Waals surface area contributed by atoms with Crippen molar-refractivity contribution in [3.63, 3.8) is 0 Å². The first-order chi connectivity index (χ1) is 7.15. The molecule has 0 spiro atoms. The summed E-state index contributed by atoms with van der Waals surface area (Å²) in [5.74, 6) is 0.569. The molecule has 0 aromatic carbocycles. The van der Waals surface area contributed by atoms with Crippen molar-refractivity contribution in [1.29, 1.82) is 0 Å². The molecule has 0 unspecified atom stereocenters. The highest BCUT2D eigenvalue weighted by Gasteiger charge is 2.22. The first-order valence-electron chi connectivity index (χ1n) is 5.27. The summed E-state index contributed by atoms with van der Waals surface area (Å²) in [5.41, 5.74) is 6.79. The van der Waals surface area contributed by atoms with Gasteiger partial charge in [-0.25, -0.2) is 4.98 Å². The fourth-order valence-electron chi connectivity index (χ4n) is 2.02. The average Bonchev–Trinajstić information content (AvgIpc) is 2.16. The van der Waals surface area contributed by atoms with Gasteiger partial charge < -0.3 is 15.4 Å². The van der Waals surface area contributed by atoms with Gasteiger partial charge in [0, 0.05) is 31.0 Å². The summed E-state index contributed by atoms with van der Waals surface area (Å²) in [5, 5.41) is 0. The van der Waals surface area contributed by atoms with Crippen LogP contribution in [0.1, 0.15) is 13.8 Å². The van der Waals surface area contributed by atoms with Crippen LogP contribution < -0.4 is 10.6 Å². The van der Waals surface area contributed by atoms with Gasteiger partial charge in [-0.15, -0.1) is 0 Å². The van der Waals surface area contributed by atoms with Crippen molar-refractivity contribution in [2.45, 2.75) is 26.1 Å². The average molecular weight is 207 g/mol. The van der Waals surface area contributed by atoms with Crippen LogP contribution in [0.25, 0.3) is 0 Å². The van der Waals surface area contributed by atoms with E-state index < -0.39 is 0 Å². The lowest BCUT2D eigenvalue weighted by Gasteiger charge is -2.36. The number of nitrogens with two attached hydrogens (primary N) is 1. The lowest BCUT2D eigenvalue weighted by molar-refractivity contribution is -0.00521. The number of hydrogen-bond acceptors (Lipinski definition) is 4. The first kappa shape index (κ1) is 10.2. The first-order valence-corrected chi connectivity index (χ1v) is 5.27. The highest BCUT2D eigenvalue weighted by atomic mass is 16.5. The van der Waals surface area contributed by atoms with Gasteiger partial charge in [0.2, 0.25) is 0 Å². The summed E-state index contributed by atoms with van der Waals surface area (Å²) >= 11 is 0. The Kier molecular flexibility index (Phi) is 2.77. The van der Waals surface area contributed by atoms with E-state index in [1.54, 1.807) is 6.20 Å². The maximum absolute atomic E-state index is 5.68. The van der Waals surface area contributed by atoms with Gasteiger partial charge in [0.15, 0.2) is 0 Å². The molecule has 0 amide bonds. The molecule has 2 rings (SSSR count). The van der Waals surface area contributed by atoms with E-state index in [0.29, 0.717) is 5.82 Å². The number of pyridine rings is 1. The summed E-state index contributed by atoms with van der Waals surface area (Å²) < 4.78 is 5.68. The Hall–Kier alpha value is -1.29. The molecule has 2 atom stereocenters. The van der Waals surface area contributed by atoms with Gasteiger partial charge in [-0.05, 0) is 19.9 Å². The normalized spacial score (nSPS) is 26.7. The minimum Gasteiger partial charge on any atom is -0.384 e. The van der Waals surface area contributed by atoms with Crippen molar-refractivity contribution < 1.29 is 4.74 Å². The van der Waals surface area contributed by atoms with Gasteiger partial charge in [-0.3, -0.25) is 0 Å². The maximum Gasteiger partial charge on any atom is 0.125 e. The number of nitrogen functional groups attached to an aromatic ring is 1. The number of hydrogen-bond donors (Lipinski definition) is 1. The Morgan fingerprint density at radius 1 is 1.40 bits per heavy atom. The van der Waals surface area contributed by atoms with E-state index >= 15 is 0 Å². The summed E-state index contributed by atoms with van der Waals surface area (Å²) in [6.45, 7) is 6.00. The van der Waals surface area contributed by atoms with E-state index in [9.17, 15) is 0 Å². The highest BCUT2D eigenvalue weighted by molar-refractivity contribution is 5.52. The van der Waals surface area contributed by atoms with Crippen LogP contribution in [0.15, 0.2) is 18.3 Å². The fourth-order valence-corrected chi connectivity index (χ4v) is 2.02. The Morgan fingerprint density at radius 3 is 2.67 bits per heavy atom. The molecule has 1 saturated heterocycles. The van der Waals surface area contributed by atoms with Crippen molar-refractivity contribution in [3.05, 3.63) is 18.3 Å². The number of nitrogens with zero attached hydrogens (tertiary/aromatic N) is 2. The zero-order valence-electron chi connectivity index (χ0n) is 9.18. The molecular formula is C11H17N3O. The zero-order chi connectivity index (χ0) is 10.8. The molecule has 4 heteroatoms. The highest BCUT2D eigenvalue weighted by Crippen LogP contribution is 2.20. The molecule has 0 radical (unpaired) electrons. The Labute approximate surface area is 90.0 Å². The van der Waals surface area contributed by atoms with Crippen molar-refractivity contribution >= 4 is 11.5 Å². The molecule has 1 fully saturated rings. The molecule has 0 bridgehead atoms.